The summed E-state index contributed by atoms with van der Waals surface area (Å²) in [4.78, 5) is 22.3. The van der Waals surface area contributed by atoms with Gasteiger partial charge in [-0.15, -0.1) is 0 Å². The van der Waals surface area contributed by atoms with E-state index in [2.05, 4.69) is 0 Å². The molecule has 0 aliphatic heterocycles. The third kappa shape index (κ3) is 4.91. The number of nitro benzene ring substituents is 1. The van der Waals surface area contributed by atoms with E-state index < -0.39 is 4.92 Å². The number of carbonyl (C=O) groups excluding carboxylic acids is 1. The first-order chi connectivity index (χ1) is 12.0. The zero-order valence-electron chi connectivity index (χ0n) is 14.1. The van der Waals surface area contributed by atoms with E-state index in [9.17, 15) is 14.9 Å². The molecule has 0 heterocycles. The predicted molar refractivity (Wildman–Crippen MR) is 95.2 cm³/mol. The van der Waals surface area contributed by atoms with Crippen molar-refractivity contribution in [1.29, 1.82) is 0 Å². The minimum atomic E-state index is -0.501. The van der Waals surface area contributed by atoms with Gasteiger partial charge in [-0.1, -0.05) is 12.1 Å². The van der Waals surface area contributed by atoms with Crippen LogP contribution in [0.5, 0.6) is 11.5 Å². The molecule has 0 spiro atoms. The summed E-state index contributed by atoms with van der Waals surface area (Å²) in [7, 11) is 0. The Morgan fingerprint density at radius 3 is 2.28 bits per heavy atom. The summed E-state index contributed by atoms with van der Waals surface area (Å²) in [6.45, 7) is 4.83. The highest BCUT2D eigenvalue weighted by molar-refractivity contribution is 6.06. The fourth-order valence-electron chi connectivity index (χ4n) is 2.19. The normalized spacial score (nSPS) is 10.6. The second kappa shape index (κ2) is 8.63. The molecule has 0 fully saturated rings. The number of ether oxygens (including phenoxy) is 2. The van der Waals surface area contributed by atoms with E-state index in [1.165, 1.54) is 30.3 Å². The van der Waals surface area contributed by atoms with Crippen molar-refractivity contribution in [2.24, 2.45) is 0 Å². The number of allylic oxidation sites excluding steroid dienone is 1. The number of ketones is 1. The number of hydrogen-bond acceptors (Lipinski definition) is 5. The van der Waals surface area contributed by atoms with E-state index in [1.807, 2.05) is 19.9 Å². The Kier molecular flexibility index (Phi) is 6.28. The Hall–Kier alpha value is -3.15. The van der Waals surface area contributed by atoms with Crippen molar-refractivity contribution in [3.05, 3.63) is 69.8 Å². The molecule has 0 N–H and O–H groups in total. The molecule has 0 aliphatic rings. The minimum absolute atomic E-state index is 0.0478. The fourth-order valence-corrected chi connectivity index (χ4v) is 2.19. The van der Waals surface area contributed by atoms with Crippen LogP contribution in [0.2, 0.25) is 0 Å². The van der Waals surface area contributed by atoms with Gasteiger partial charge in [0, 0.05) is 17.7 Å². The Morgan fingerprint density at radius 2 is 1.68 bits per heavy atom. The molecule has 6 heteroatoms. The summed E-state index contributed by atoms with van der Waals surface area (Å²) in [6, 6.07) is 10.9. The number of benzene rings is 2. The van der Waals surface area contributed by atoms with Crippen molar-refractivity contribution >= 4 is 17.5 Å². The number of hydrogen-bond donors (Lipinski definition) is 0. The smallest absolute Gasteiger partial charge is 0.269 e. The van der Waals surface area contributed by atoms with Crippen LogP contribution in [0.3, 0.4) is 0 Å². The number of rotatable bonds is 8. The topological polar surface area (TPSA) is 78.7 Å². The summed E-state index contributed by atoms with van der Waals surface area (Å²) in [5.74, 6) is 1.04. The Balaban J connectivity index is 2.15. The van der Waals surface area contributed by atoms with Crippen LogP contribution in [-0.4, -0.2) is 23.9 Å². The van der Waals surface area contributed by atoms with Crippen molar-refractivity contribution in [3.8, 4) is 11.5 Å². The lowest BCUT2D eigenvalue weighted by molar-refractivity contribution is -0.384. The van der Waals surface area contributed by atoms with Crippen molar-refractivity contribution in [3.63, 3.8) is 0 Å². The van der Waals surface area contributed by atoms with Gasteiger partial charge in [0.2, 0.25) is 0 Å². The molecule has 2 rings (SSSR count). The molecule has 0 radical (unpaired) electrons. The van der Waals surface area contributed by atoms with E-state index in [4.69, 9.17) is 9.47 Å². The Labute approximate surface area is 145 Å². The van der Waals surface area contributed by atoms with E-state index in [-0.39, 0.29) is 11.5 Å². The Morgan fingerprint density at radius 1 is 1.04 bits per heavy atom. The van der Waals surface area contributed by atoms with E-state index in [0.717, 1.165) is 5.56 Å². The van der Waals surface area contributed by atoms with Crippen molar-refractivity contribution in [2.45, 2.75) is 13.8 Å². The molecule has 130 valence electrons. The molecule has 0 amide bonds. The van der Waals surface area contributed by atoms with Gasteiger partial charge in [0.25, 0.3) is 5.69 Å². The van der Waals surface area contributed by atoms with Gasteiger partial charge >= 0.3 is 0 Å². The van der Waals surface area contributed by atoms with Crippen LogP contribution >= 0.6 is 0 Å². The maximum absolute atomic E-state index is 12.2. The Bertz CT molecular complexity index is 781. The summed E-state index contributed by atoms with van der Waals surface area (Å²) >= 11 is 0. The van der Waals surface area contributed by atoms with Crippen LogP contribution in [0, 0.1) is 10.1 Å². The largest absolute Gasteiger partial charge is 0.490 e. The molecule has 2 aromatic carbocycles. The zero-order chi connectivity index (χ0) is 18.2. The van der Waals surface area contributed by atoms with Gasteiger partial charge in [0.15, 0.2) is 17.3 Å². The van der Waals surface area contributed by atoms with Crippen molar-refractivity contribution in [1.82, 2.24) is 0 Å². The lowest BCUT2D eigenvalue weighted by Crippen LogP contribution is -1.98. The van der Waals surface area contributed by atoms with Crippen molar-refractivity contribution < 1.29 is 19.2 Å². The first kappa shape index (κ1) is 18.2. The van der Waals surface area contributed by atoms with Crippen molar-refractivity contribution in [2.75, 3.05) is 13.2 Å². The van der Waals surface area contributed by atoms with Crippen LogP contribution in [0.15, 0.2) is 48.5 Å². The molecule has 0 aromatic heterocycles. The van der Waals surface area contributed by atoms with Crippen LogP contribution in [0.1, 0.15) is 29.8 Å². The third-order valence-corrected chi connectivity index (χ3v) is 3.36. The van der Waals surface area contributed by atoms with E-state index >= 15 is 0 Å². The van der Waals surface area contributed by atoms with Gasteiger partial charge in [0.05, 0.1) is 18.1 Å². The molecule has 0 saturated heterocycles. The van der Waals surface area contributed by atoms with Gasteiger partial charge in [0.1, 0.15) is 0 Å². The molecule has 0 unspecified atom stereocenters. The average Bonchev–Trinajstić information content (AvgIpc) is 2.62. The van der Waals surface area contributed by atoms with Crippen LogP contribution in [-0.2, 0) is 0 Å². The SMILES string of the molecule is CCOc1ccc(C=CC(=O)c2ccc([N+](=O)[O-])cc2)cc1OCC. The zero-order valence-corrected chi connectivity index (χ0v) is 14.1. The first-order valence-corrected chi connectivity index (χ1v) is 7.91. The molecule has 0 bridgehead atoms. The molecule has 0 aliphatic carbocycles. The first-order valence-electron chi connectivity index (χ1n) is 7.91. The minimum Gasteiger partial charge on any atom is -0.490 e. The summed E-state index contributed by atoms with van der Waals surface area (Å²) < 4.78 is 11.0. The summed E-state index contributed by atoms with van der Waals surface area (Å²) in [5, 5.41) is 10.6. The third-order valence-electron chi connectivity index (χ3n) is 3.36. The quantitative estimate of drug-likeness (QED) is 0.310. The summed E-state index contributed by atoms with van der Waals surface area (Å²) in [5.41, 5.74) is 1.13. The maximum Gasteiger partial charge on any atom is 0.269 e. The number of nitro groups is 1. The molecule has 2 aromatic rings. The molecule has 0 saturated carbocycles. The molecular formula is C19H19NO5. The highest BCUT2D eigenvalue weighted by Gasteiger charge is 2.08. The molecule has 25 heavy (non-hydrogen) atoms. The fraction of sp³-hybridized carbons (Fsp3) is 0.211. The van der Waals surface area contributed by atoms with Crippen LogP contribution in [0.4, 0.5) is 5.69 Å². The molecule has 0 atom stereocenters. The highest BCUT2D eigenvalue weighted by Crippen LogP contribution is 2.29. The standard InChI is InChI=1S/C19H19NO5/c1-3-24-18-12-6-14(13-19(18)25-4-2)5-11-17(21)15-7-9-16(10-8-15)20(22)23/h5-13H,3-4H2,1-2H3. The van der Waals surface area contributed by atoms with Crippen LogP contribution < -0.4 is 9.47 Å². The van der Waals surface area contributed by atoms with E-state index in [1.54, 1.807) is 18.2 Å². The molecular weight excluding hydrogens is 322 g/mol. The highest BCUT2D eigenvalue weighted by atomic mass is 16.6. The summed E-state index contributed by atoms with van der Waals surface area (Å²) in [6.07, 6.45) is 3.09. The lowest BCUT2D eigenvalue weighted by Gasteiger charge is -2.11. The number of non-ortho nitro benzene ring substituents is 1. The van der Waals surface area contributed by atoms with Gasteiger partial charge in [-0.2, -0.15) is 0 Å². The molecule has 6 nitrogen and oxygen atoms in total. The maximum atomic E-state index is 12.2. The number of carbonyl (C=O) groups is 1. The number of nitrogens with zero attached hydrogens (tertiary/aromatic N) is 1. The van der Waals surface area contributed by atoms with Gasteiger partial charge in [-0.25, -0.2) is 0 Å². The van der Waals surface area contributed by atoms with Gasteiger partial charge in [-0.05, 0) is 49.8 Å². The van der Waals surface area contributed by atoms with Crippen LogP contribution in [0.25, 0.3) is 6.08 Å². The monoisotopic (exact) mass is 341 g/mol. The van der Waals surface area contributed by atoms with Gasteiger partial charge < -0.3 is 9.47 Å². The second-order valence-electron chi connectivity index (χ2n) is 5.07. The van der Waals surface area contributed by atoms with E-state index in [0.29, 0.717) is 30.3 Å². The second-order valence-corrected chi connectivity index (χ2v) is 5.07. The van der Waals surface area contributed by atoms with Gasteiger partial charge in [-0.3, -0.25) is 14.9 Å². The lowest BCUT2D eigenvalue weighted by atomic mass is 10.1. The predicted octanol–water partition coefficient (Wildman–Crippen LogP) is 4.29. The average molecular weight is 341 g/mol.